The van der Waals surface area contributed by atoms with Gasteiger partial charge in [0.05, 0.1) is 0 Å². The molecule has 0 unspecified atom stereocenters. The van der Waals surface area contributed by atoms with E-state index in [2.05, 4.69) is 52.4 Å². The molecule has 0 fully saturated rings. The van der Waals surface area contributed by atoms with E-state index < -0.39 is 6.85 Å². The van der Waals surface area contributed by atoms with Crippen molar-refractivity contribution in [3.05, 3.63) is 133 Å². The minimum absolute atomic E-state index is 0. The Morgan fingerprint density at radius 3 is 1.85 bits per heavy atom. The van der Waals surface area contributed by atoms with Crippen LogP contribution < -0.4 is 0 Å². The fourth-order valence-electron chi connectivity index (χ4n) is 3.13. The first kappa shape index (κ1) is 20.2. The maximum Gasteiger partial charge on any atom is 0.0280 e. The molecule has 0 atom stereocenters. The maximum atomic E-state index is 7.23. The summed E-state index contributed by atoms with van der Waals surface area (Å²) in [6, 6.07) is 37.7. The Morgan fingerprint density at radius 2 is 1.30 bits per heavy atom. The zero-order chi connectivity index (χ0) is 24.7. The molecule has 33 heavy (non-hydrogen) atoms. The van der Waals surface area contributed by atoms with Crippen LogP contribution in [0.15, 0.2) is 109 Å². The third-order valence-electron chi connectivity index (χ3n) is 4.86. The molecule has 0 bridgehead atoms. The van der Waals surface area contributed by atoms with Gasteiger partial charge in [-0.25, -0.2) is 0 Å². The molecule has 0 amide bonds. The van der Waals surface area contributed by atoms with Gasteiger partial charge in [0.15, 0.2) is 0 Å². The molecule has 5 rings (SSSR count). The van der Waals surface area contributed by atoms with Gasteiger partial charge in [-0.2, -0.15) is 0 Å². The number of aromatic nitrogens is 2. The molecule has 0 aliphatic rings. The predicted octanol–water partition coefficient (Wildman–Crippen LogP) is 7.38. The van der Waals surface area contributed by atoms with Crippen LogP contribution in [0.2, 0.25) is 0 Å². The molecule has 0 aliphatic carbocycles. The smallest absolute Gasteiger partial charge is 0.0280 e. The van der Waals surface area contributed by atoms with Gasteiger partial charge in [-0.05, 0) is 36.3 Å². The van der Waals surface area contributed by atoms with Crippen molar-refractivity contribution in [2.75, 3.05) is 0 Å². The van der Waals surface area contributed by atoms with Gasteiger partial charge >= 0.3 is 0 Å². The Labute approximate surface area is 214 Å². The quantitative estimate of drug-likeness (QED) is 0.200. The van der Waals surface area contributed by atoms with Crippen LogP contribution in [0.1, 0.15) is 15.2 Å². The Morgan fingerprint density at radius 1 is 0.636 bits per heavy atom. The first-order valence-electron chi connectivity index (χ1n) is 11.8. The molecule has 2 heterocycles. The molecule has 2 nitrogen and oxygen atoms in total. The molecule has 2 aromatic heterocycles. The Balaban J connectivity index is 0.000000198. The molecule has 3 aromatic carbocycles. The van der Waals surface area contributed by atoms with Crippen LogP contribution in [0.5, 0.6) is 0 Å². The zero-order valence-electron chi connectivity index (χ0n) is 21.1. The second kappa shape index (κ2) is 12.0. The van der Waals surface area contributed by atoms with Crippen molar-refractivity contribution in [2.24, 2.45) is 0 Å². The van der Waals surface area contributed by atoms with E-state index in [0.29, 0.717) is 0 Å². The Kier molecular flexibility index (Phi) is 7.36. The van der Waals surface area contributed by atoms with Crippen molar-refractivity contribution in [3.8, 4) is 33.6 Å². The Hall–Kier alpha value is -3.39. The van der Waals surface area contributed by atoms with Crippen molar-refractivity contribution in [1.29, 1.82) is 0 Å². The molecule has 0 spiro atoms. The molecule has 1 radical (unpaired) electrons. The molecule has 0 N–H and O–H groups in total. The van der Waals surface area contributed by atoms with Crippen LogP contribution in [0.25, 0.3) is 33.6 Å². The van der Waals surface area contributed by atoms with Crippen LogP contribution >= 0.6 is 0 Å². The van der Waals surface area contributed by atoms with Gasteiger partial charge in [-0.1, -0.05) is 65.7 Å². The number of pyridine rings is 2. The van der Waals surface area contributed by atoms with E-state index in [4.69, 9.17) is 4.11 Å². The average Bonchev–Trinajstić information content (AvgIpc) is 2.90. The number of hydrogen-bond acceptors (Lipinski definition) is 2. The van der Waals surface area contributed by atoms with Gasteiger partial charge in [0, 0.05) is 36.6 Å². The summed E-state index contributed by atoms with van der Waals surface area (Å²) in [4.78, 5) is 8.54. The van der Waals surface area contributed by atoms with Crippen LogP contribution in [0, 0.1) is 25.9 Å². The largest absolute Gasteiger partial charge is 0.304 e. The predicted molar refractivity (Wildman–Crippen MR) is 132 cm³/mol. The minimum atomic E-state index is -2.09. The Bertz CT molecular complexity index is 1340. The third kappa shape index (κ3) is 6.79. The fourth-order valence-corrected chi connectivity index (χ4v) is 3.13. The van der Waals surface area contributed by atoms with E-state index in [0.717, 1.165) is 22.5 Å². The standard InChI is InChI=1S/C18H14N.C12H10N.Ir/c1-14-7-12-18(19-13-14)17-10-8-16(9-11-17)15-5-3-2-4-6-15;1-10-7-8-12(13-9-10)11-5-3-2-4-6-11;/h2-10,12-13H,1H3;2-5,7-9H,1H3;/q2*-1;/i;1D3;. The SMILES string of the molecule is Cc1ccc(-c2[c-]cc(-c3ccccc3)cc2)nc1.[2H]C([2H])([2H])c1ccc(-c2[c-]cccc2)nc1.[Ir]. The van der Waals surface area contributed by atoms with Crippen LogP contribution in [-0.4, -0.2) is 9.97 Å². The molecule has 0 aliphatic heterocycles. The van der Waals surface area contributed by atoms with Crippen molar-refractivity contribution >= 4 is 0 Å². The molecule has 0 saturated heterocycles. The van der Waals surface area contributed by atoms with Crippen molar-refractivity contribution in [1.82, 2.24) is 9.97 Å². The summed E-state index contributed by atoms with van der Waals surface area (Å²) < 4.78 is 21.7. The van der Waals surface area contributed by atoms with E-state index in [1.807, 2.05) is 61.7 Å². The normalized spacial score (nSPS) is 11.6. The van der Waals surface area contributed by atoms with Crippen molar-refractivity contribution in [3.63, 3.8) is 0 Å². The molecule has 0 saturated carbocycles. The number of aryl methyl sites for hydroxylation is 2. The number of nitrogens with zero attached hydrogens (tertiary/aromatic N) is 2. The molecular formula is C30H24IrN2-2. The van der Waals surface area contributed by atoms with Gasteiger partial charge < -0.3 is 9.97 Å². The number of hydrogen-bond donors (Lipinski definition) is 0. The van der Waals surface area contributed by atoms with Crippen LogP contribution in [-0.2, 0) is 20.1 Å². The van der Waals surface area contributed by atoms with Crippen molar-refractivity contribution in [2.45, 2.75) is 13.8 Å². The summed E-state index contributed by atoms with van der Waals surface area (Å²) >= 11 is 0. The van der Waals surface area contributed by atoms with Crippen molar-refractivity contribution < 1.29 is 24.2 Å². The summed E-state index contributed by atoms with van der Waals surface area (Å²) in [5, 5.41) is 0. The summed E-state index contributed by atoms with van der Waals surface area (Å²) in [6.45, 7) is -0.0507. The second-order valence-corrected chi connectivity index (χ2v) is 7.29. The van der Waals surface area contributed by atoms with E-state index in [9.17, 15) is 0 Å². The zero-order valence-corrected chi connectivity index (χ0v) is 20.5. The topological polar surface area (TPSA) is 25.8 Å². The monoisotopic (exact) mass is 608 g/mol. The second-order valence-electron chi connectivity index (χ2n) is 7.29. The summed E-state index contributed by atoms with van der Waals surface area (Å²) in [7, 11) is 0. The molecule has 165 valence electrons. The first-order valence-corrected chi connectivity index (χ1v) is 10.3. The number of rotatable bonds is 3. The van der Waals surface area contributed by atoms with E-state index >= 15 is 0 Å². The van der Waals surface area contributed by atoms with E-state index in [1.54, 1.807) is 18.2 Å². The van der Waals surface area contributed by atoms with Gasteiger partial charge in [0.2, 0.25) is 0 Å². The maximum absolute atomic E-state index is 7.23. The number of benzene rings is 3. The van der Waals surface area contributed by atoms with Crippen LogP contribution in [0.4, 0.5) is 0 Å². The molecular weight excluding hydrogens is 581 g/mol. The summed E-state index contributed by atoms with van der Waals surface area (Å²) in [5.74, 6) is 0. The van der Waals surface area contributed by atoms with Gasteiger partial charge in [0.25, 0.3) is 0 Å². The fraction of sp³-hybridized carbons (Fsp3) is 0.0667. The summed E-state index contributed by atoms with van der Waals surface area (Å²) in [5.41, 5.74) is 7.40. The van der Waals surface area contributed by atoms with E-state index in [-0.39, 0.29) is 25.7 Å². The summed E-state index contributed by atoms with van der Waals surface area (Å²) in [6.07, 6.45) is 3.28. The van der Waals surface area contributed by atoms with E-state index in [1.165, 1.54) is 22.9 Å². The van der Waals surface area contributed by atoms with Crippen LogP contribution in [0.3, 0.4) is 0 Å². The third-order valence-corrected chi connectivity index (χ3v) is 4.86. The first-order chi connectivity index (χ1) is 16.9. The minimum Gasteiger partial charge on any atom is -0.304 e. The molecule has 3 heteroatoms. The van der Waals surface area contributed by atoms with Gasteiger partial charge in [0.1, 0.15) is 0 Å². The van der Waals surface area contributed by atoms with Gasteiger partial charge in [-0.15, -0.1) is 65.7 Å². The van der Waals surface area contributed by atoms with Gasteiger partial charge in [-0.3, -0.25) is 0 Å². The average molecular weight is 608 g/mol. The molecule has 5 aromatic rings.